The van der Waals surface area contributed by atoms with E-state index in [0.717, 1.165) is 57.8 Å². The first kappa shape index (κ1) is 61.2. The summed E-state index contributed by atoms with van der Waals surface area (Å²) in [5.74, 6) is -2.42. The summed E-state index contributed by atoms with van der Waals surface area (Å²) in [7, 11) is -4.73. The lowest BCUT2D eigenvalue weighted by Crippen LogP contribution is -2.34. The van der Waals surface area contributed by atoms with Crippen molar-refractivity contribution in [3.8, 4) is 0 Å². The molecule has 0 rings (SSSR count). The minimum atomic E-state index is -4.73. The fraction of sp³-hybridized carbons (Fsp3) is 0.750. The summed E-state index contributed by atoms with van der Waals surface area (Å²) in [5, 5.41) is 8.92. The number of unbranched alkanes of at least 4 members (excludes halogenated alkanes) is 23. The molecule has 11 nitrogen and oxygen atoms in total. The number of carboxylic acid groups (broad SMARTS) is 1. The molecule has 0 aromatic carbocycles. The Morgan fingerprint density at radius 2 is 0.828 bits per heavy atom. The van der Waals surface area contributed by atoms with Gasteiger partial charge in [-0.2, -0.15) is 0 Å². The largest absolute Gasteiger partial charge is 0.480 e. The molecule has 0 saturated carbocycles. The standard InChI is InChI=1S/C52H92NO10P/c1-3-5-7-9-11-13-15-17-19-21-23-24-26-28-30-32-34-36-38-40-42-44-51(55)63-48(46-61-64(58,59)62-47-49(53)52(56)57)45-60-50(54)43-41-39-37-35-33-31-29-27-25-22-20-18-16-14-12-10-8-6-4-2/h12,14,17-20,25,27,31,33,48-49H,3-11,13,15-16,21-24,26,28-30,32,34-47,53H2,1-2H3,(H,56,57)(H,58,59)/b14-12-,19-17-,20-18-,27-25-,33-31-/t48-,49+/m1/s1. The Morgan fingerprint density at radius 1 is 0.484 bits per heavy atom. The molecule has 3 atom stereocenters. The molecule has 0 aromatic heterocycles. The number of ether oxygens (including phenoxy) is 2. The highest BCUT2D eigenvalue weighted by Crippen LogP contribution is 2.43. The van der Waals surface area contributed by atoms with E-state index < -0.39 is 51.1 Å². The maximum absolute atomic E-state index is 12.7. The topological polar surface area (TPSA) is 172 Å². The monoisotopic (exact) mass is 922 g/mol. The molecule has 0 bridgehead atoms. The van der Waals surface area contributed by atoms with Crippen LogP contribution in [0.15, 0.2) is 60.8 Å². The van der Waals surface area contributed by atoms with Gasteiger partial charge in [0.1, 0.15) is 12.6 Å². The van der Waals surface area contributed by atoms with Gasteiger partial charge in [-0.25, -0.2) is 4.57 Å². The van der Waals surface area contributed by atoms with Crippen LogP contribution in [0.2, 0.25) is 0 Å². The van der Waals surface area contributed by atoms with Crippen LogP contribution >= 0.6 is 7.82 Å². The van der Waals surface area contributed by atoms with Gasteiger partial charge in [-0.3, -0.25) is 23.4 Å². The van der Waals surface area contributed by atoms with E-state index >= 15 is 0 Å². The van der Waals surface area contributed by atoms with Gasteiger partial charge in [0, 0.05) is 12.8 Å². The Bertz CT molecular complexity index is 1310. The molecule has 0 saturated heterocycles. The third kappa shape index (κ3) is 45.7. The van der Waals surface area contributed by atoms with E-state index in [1.54, 1.807) is 0 Å². The number of carbonyl (C=O) groups excluding carboxylic acids is 2. The van der Waals surface area contributed by atoms with Crippen molar-refractivity contribution in [2.45, 2.75) is 231 Å². The second-order valence-electron chi connectivity index (χ2n) is 16.9. The van der Waals surface area contributed by atoms with Gasteiger partial charge >= 0.3 is 25.7 Å². The Labute approximate surface area is 389 Å². The van der Waals surface area contributed by atoms with Gasteiger partial charge in [-0.1, -0.05) is 184 Å². The second-order valence-corrected chi connectivity index (χ2v) is 18.4. The van der Waals surface area contributed by atoms with Crippen molar-refractivity contribution in [1.82, 2.24) is 0 Å². The average molecular weight is 922 g/mol. The molecule has 0 radical (unpaired) electrons. The molecule has 370 valence electrons. The van der Waals surface area contributed by atoms with Crippen molar-refractivity contribution < 1.29 is 47.5 Å². The number of hydrogen-bond donors (Lipinski definition) is 3. The highest BCUT2D eigenvalue weighted by molar-refractivity contribution is 7.47. The quantitative estimate of drug-likeness (QED) is 0.0230. The molecule has 4 N–H and O–H groups in total. The van der Waals surface area contributed by atoms with Crippen LogP contribution in [0.25, 0.3) is 0 Å². The van der Waals surface area contributed by atoms with Gasteiger partial charge in [0.25, 0.3) is 0 Å². The zero-order valence-corrected chi connectivity index (χ0v) is 41.3. The first-order valence-corrected chi connectivity index (χ1v) is 26.8. The minimum absolute atomic E-state index is 0.152. The van der Waals surface area contributed by atoms with Gasteiger partial charge in [-0.05, 0) is 83.5 Å². The molecular weight excluding hydrogens is 830 g/mol. The lowest BCUT2D eigenvalue weighted by Gasteiger charge is -2.20. The first-order chi connectivity index (χ1) is 31.1. The smallest absolute Gasteiger partial charge is 0.472 e. The molecule has 12 heteroatoms. The summed E-state index contributed by atoms with van der Waals surface area (Å²) < 4.78 is 32.8. The number of carbonyl (C=O) groups is 3. The van der Waals surface area contributed by atoms with Crippen molar-refractivity contribution in [3.63, 3.8) is 0 Å². The van der Waals surface area contributed by atoms with Crippen LogP contribution in [0, 0.1) is 0 Å². The molecule has 0 aromatic rings. The summed E-state index contributed by atoms with van der Waals surface area (Å²) in [6.45, 7) is 2.76. The Balaban J connectivity index is 4.32. The van der Waals surface area contributed by atoms with Gasteiger partial charge in [0.15, 0.2) is 6.10 Å². The molecule has 64 heavy (non-hydrogen) atoms. The molecule has 0 spiro atoms. The van der Waals surface area contributed by atoms with Crippen LogP contribution < -0.4 is 5.73 Å². The van der Waals surface area contributed by atoms with Crippen LogP contribution in [-0.2, 0) is 37.5 Å². The Kier molecular flexibility index (Phi) is 44.6. The van der Waals surface area contributed by atoms with Gasteiger partial charge in [0.05, 0.1) is 13.2 Å². The number of phosphoric acid groups is 1. The van der Waals surface area contributed by atoms with Crippen LogP contribution in [0.3, 0.4) is 0 Å². The van der Waals surface area contributed by atoms with Crippen molar-refractivity contribution >= 4 is 25.7 Å². The molecule has 0 aliphatic rings. The third-order valence-electron chi connectivity index (χ3n) is 10.7. The second kappa shape index (κ2) is 46.7. The number of rotatable bonds is 47. The molecule has 0 heterocycles. The van der Waals surface area contributed by atoms with Crippen molar-refractivity contribution in [3.05, 3.63) is 60.8 Å². The van der Waals surface area contributed by atoms with Crippen LogP contribution in [-0.4, -0.2) is 59.9 Å². The van der Waals surface area contributed by atoms with Gasteiger partial charge < -0.3 is 25.2 Å². The number of aliphatic carboxylic acids is 1. The minimum Gasteiger partial charge on any atom is -0.480 e. The van der Waals surface area contributed by atoms with E-state index in [1.165, 1.54) is 122 Å². The van der Waals surface area contributed by atoms with Gasteiger partial charge in [-0.15, -0.1) is 0 Å². The molecule has 0 aliphatic heterocycles. The SMILES string of the molecule is CCCCC/C=C\C/C=C\C/C=C\C/C=C\CCCCCC(=O)OC[C@H](COP(=O)(O)OC[C@H](N)C(=O)O)OC(=O)CCCCCCCCCCCCC/C=C\CCCCCCCC. The van der Waals surface area contributed by atoms with E-state index in [2.05, 4.69) is 79.1 Å². The maximum Gasteiger partial charge on any atom is 0.472 e. The molecule has 0 fully saturated rings. The zero-order chi connectivity index (χ0) is 47.0. The normalized spacial score (nSPS) is 14.1. The van der Waals surface area contributed by atoms with Gasteiger partial charge in [0.2, 0.25) is 0 Å². The maximum atomic E-state index is 12.7. The van der Waals surface area contributed by atoms with E-state index in [9.17, 15) is 23.8 Å². The van der Waals surface area contributed by atoms with E-state index in [4.69, 9.17) is 24.8 Å². The molecule has 0 aliphatic carbocycles. The number of carboxylic acids is 1. The lowest BCUT2D eigenvalue weighted by atomic mass is 10.0. The van der Waals surface area contributed by atoms with Crippen LogP contribution in [0.1, 0.15) is 219 Å². The number of hydrogen-bond acceptors (Lipinski definition) is 9. The number of esters is 2. The number of phosphoric ester groups is 1. The summed E-state index contributed by atoms with van der Waals surface area (Å²) in [6, 6.07) is -1.53. The lowest BCUT2D eigenvalue weighted by molar-refractivity contribution is -0.161. The summed E-state index contributed by atoms with van der Waals surface area (Å²) in [6.07, 6.45) is 55.7. The predicted octanol–water partition coefficient (Wildman–Crippen LogP) is 14.3. The van der Waals surface area contributed by atoms with Crippen LogP contribution in [0.5, 0.6) is 0 Å². The Morgan fingerprint density at radius 3 is 1.30 bits per heavy atom. The molecule has 1 unspecified atom stereocenters. The fourth-order valence-corrected chi connectivity index (χ4v) is 7.53. The highest BCUT2D eigenvalue weighted by atomic mass is 31.2. The van der Waals surface area contributed by atoms with E-state index in [0.29, 0.717) is 12.8 Å². The molecular formula is C52H92NO10P. The fourth-order valence-electron chi connectivity index (χ4n) is 6.75. The van der Waals surface area contributed by atoms with Crippen LogP contribution in [0.4, 0.5) is 0 Å². The Hall–Kier alpha value is -2.82. The zero-order valence-electron chi connectivity index (χ0n) is 40.4. The van der Waals surface area contributed by atoms with E-state index in [1.807, 2.05) is 0 Å². The average Bonchev–Trinajstić information content (AvgIpc) is 3.27. The number of nitrogens with two attached hydrogens (primary N) is 1. The van der Waals surface area contributed by atoms with E-state index in [-0.39, 0.29) is 19.4 Å². The highest BCUT2D eigenvalue weighted by Gasteiger charge is 2.28. The third-order valence-corrected chi connectivity index (χ3v) is 11.7. The summed E-state index contributed by atoms with van der Waals surface area (Å²) >= 11 is 0. The predicted molar refractivity (Wildman–Crippen MR) is 263 cm³/mol. The molecule has 0 amide bonds. The summed E-state index contributed by atoms with van der Waals surface area (Å²) in [5.41, 5.74) is 5.35. The van der Waals surface area contributed by atoms with Crippen molar-refractivity contribution in [2.75, 3.05) is 19.8 Å². The first-order valence-electron chi connectivity index (χ1n) is 25.3. The van der Waals surface area contributed by atoms with Crippen molar-refractivity contribution in [1.29, 1.82) is 0 Å². The summed E-state index contributed by atoms with van der Waals surface area (Å²) in [4.78, 5) is 46.2. The van der Waals surface area contributed by atoms with Crippen molar-refractivity contribution in [2.24, 2.45) is 5.73 Å². The number of allylic oxidation sites excluding steroid dienone is 10.